The van der Waals surface area contributed by atoms with Crippen LogP contribution in [0.25, 0.3) is 11.0 Å². The molecule has 1 amide bonds. The number of amides is 1. The summed E-state index contributed by atoms with van der Waals surface area (Å²) in [4.78, 5) is 13.8. The molecule has 0 bridgehead atoms. The van der Waals surface area contributed by atoms with Crippen molar-refractivity contribution in [3.63, 3.8) is 0 Å². The topological polar surface area (TPSA) is 42.2 Å². The van der Waals surface area contributed by atoms with Crippen LogP contribution < -0.4 is 5.32 Å². The number of rotatable bonds is 4. The van der Waals surface area contributed by atoms with Crippen molar-refractivity contribution < 1.29 is 9.21 Å². The third kappa shape index (κ3) is 2.84. The van der Waals surface area contributed by atoms with Crippen LogP contribution in [-0.4, -0.2) is 5.91 Å². The molecule has 1 unspecified atom stereocenters. The van der Waals surface area contributed by atoms with Gasteiger partial charge in [-0.3, -0.25) is 4.79 Å². The maximum absolute atomic E-state index is 12.7. The van der Waals surface area contributed by atoms with Crippen LogP contribution in [-0.2, 0) is 0 Å². The number of benzene rings is 2. The highest BCUT2D eigenvalue weighted by molar-refractivity contribution is 7.10. The molecule has 4 aromatic rings. The summed E-state index contributed by atoms with van der Waals surface area (Å²) in [7, 11) is 0. The van der Waals surface area contributed by atoms with Gasteiger partial charge >= 0.3 is 0 Å². The summed E-state index contributed by atoms with van der Waals surface area (Å²) in [6, 6.07) is 23.2. The highest BCUT2D eigenvalue weighted by Gasteiger charge is 2.20. The van der Waals surface area contributed by atoms with Gasteiger partial charge in [-0.25, -0.2) is 0 Å². The number of furan rings is 1. The minimum absolute atomic E-state index is 0.188. The molecule has 4 heteroatoms. The smallest absolute Gasteiger partial charge is 0.287 e. The Morgan fingerprint density at radius 3 is 2.50 bits per heavy atom. The number of hydrogen-bond donors (Lipinski definition) is 1. The van der Waals surface area contributed by atoms with Gasteiger partial charge in [0, 0.05) is 10.3 Å². The fraction of sp³-hybridized carbons (Fsp3) is 0.0500. The van der Waals surface area contributed by atoms with E-state index in [1.807, 2.05) is 72.1 Å². The van der Waals surface area contributed by atoms with Gasteiger partial charge < -0.3 is 9.73 Å². The summed E-state index contributed by atoms with van der Waals surface area (Å²) in [6.07, 6.45) is 0. The van der Waals surface area contributed by atoms with Gasteiger partial charge in [0.25, 0.3) is 5.91 Å². The van der Waals surface area contributed by atoms with Crippen molar-refractivity contribution in [1.82, 2.24) is 5.32 Å². The van der Waals surface area contributed by atoms with Crippen LogP contribution >= 0.6 is 11.3 Å². The molecule has 0 aliphatic rings. The highest BCUT2D eigenvalue weighted by Crippen LogP contribution is 2.27. The molecule has 1 N–H and O–H groups in total. The molecule has 2 aromatic carbocycles. The van der Waals surface area contributed by atoms with E-state index in [2.05, 4.69) is 5.32 Å². The van der Waals surface area contributed by atoms with E-state index in [1.165, 1.54) is 0 Å². The molecular formula is C20H15NO2S. The monoisotopic (exact) mass is 333 g/mol. The molecule has 2 aromatic heterocycles. The first-order valence-corrected chi connectivity index (χ1v) is 8.57. The van der Waals surface area contributed by atoms with Gasteiger partial charge in [0.05, 0.1) is 6.04 Å². The number of fused-ring (bicyclic) bond motifs is 1. The molecule has 0 fully saturated rings. The Bertz CT molecular complexity index is 925. The third-order valence-corrected chi connectivity index (χ3v) is 4.82. The molecule has 0 aliphatic heterocycles. The number of carbonyl (C=O) groups excluding carboxylic acids is 1. The Morgan fingerprint density at radius 1 is 0.958 bits per heavy atom. The predicted octanol–water partition coefficient (Wildman–Crippen LogP) is 5.01. The molecule has 24 heavy (non-hydrogen) atoms. The lowest BCUT2D eigenvalue weighted by Gasteiger charge is -2.17. The second kappa shape index (κ2) is 6.34. The molecule has 3 nitrogen and oxygen atoms in total. The van der Waals surface area contributed by atoms with E-state index >= 15 is 0 Å². The van der Waals surface area contributed by atoms with Crippen LogP contribution in [0.2, 0.25) is 0 Å². The molecule has 0 saturated carbocycles. The Kier molecular flexibility index (Phi) is 3.89. The zero-order chi connectivity index (χ0) is 16.4. The lowest BCUT2D eigenvalue weighted by Crippen LogP contribution is -2.28. The minimum Gasteiger partial charge on any atom is -0.451 e. The van der Waals surface area contributed by atoms with E-state index in [4.69, 9.17) is 4.42 Å². The van der Waals surface area contributed by atoms with Crippen LogP contribution in [0.4, 0.5) is 0 Å². The Labute approximate surface area is 143 Å². The number of para-hydroxylation sites is 1. The molecule has 4 rings (SSSR count). The van der Waals surface area contributed by atoms with Crippen LogP contribution in [0.15, 0.2) is 82.6 Å². The second-order valence-electron chi connectivity index (χ2n) is 5.48. The Balaban J connectivity index is 1.66. The van der Waals surface area contributed by atoms with Gasteiger partial charge in [0.1, 0.15) is 5.58 Å². The van der Waals surface area contributed by atoms with E-state index in [0.29, 0.717) is 5.76 Å². The normalized spacial score (nSPS) is 12.2. The number of nitrogens with one attached hydrogen (secondary N) is 1. The van der Waals surface area contributed by atoms with Crippen molar-refractivity contribution in [2.75, 3.05) is 0 Å². The molecule has 1 atom stereocenters. The summed E-state index contributed by atoms with van der Waals surface area (Å²) >= 11 is 1.62. The van der Waals surface area contributed by atoms with E-state index < -0.39 is 0 Å². The predicted molar refractivity (Wildman–Crippen MR) is 96.3 cm³/mol. The average Bonchev–Trinajstić information content (AvgIpc) is 3.29. The molecule has 118 valence electrons. The fourth-order valence-corrected chi connectivity index (χ4v) is 3.52. The van der Waals surface area contributed by atoms with Crippen molar-refractivity contribution in [1.29, 1.82) is 0 Å². The van der Waals surface area contributed by atoms with Crippen molar-refractivity contribution in [3.05, 3.63) is 94.4 Å². The summed E-state index contributed by atoms with van der Waals surface area (Å²) in [5, 5.41) is 6.03. The maximum atomic E-state index is 12.7. The van der Waals surface area contributed by atoms with E-state index in [9.17, 15) is 4.79 Å². The van der Waals surface area contributed by atoms with Crippen molar-refractivity contribution >= 4 is 28.2 Å². The SMILES string of the molecule is O=C(NC(c1ccccc1)c1cccs1)c1cc2ccccc2o1. The van der Waals surface area contributed by atoms with E-state index in [0.717, 1.165) is 21.4 Å². The second-order valence-corrected chi connectivity index (χ2v) is 6.46. The maximum Gasteiger partial charge on any atom is 0.287 e. The van der Waals surface area contributed by atoms with Crippen molar-refractivity contribution in [2.24, 2.45) is 0 Å². The third-order valence-electron chi connectivity index (χ3n) is 3.89. The molecule has 2 heterocycles. The molecule has 0 aliphatic carbocycles. The fourth-order valence-electron chi connectivity index (χ4n) is 2.72. The lowest BCUT2D eigenvalue weighted by molar-refractivity contribution is 0.0918. The van der Waals surface area contributed by atoms with Gasteiger partial charge in [-0.1, -0.05) is 54.6 Å². The van der Waals surface area contributed by atoms with Gasteiger partial charge in [-0.15, -0.1) is 11.3 Å². The summed E-state index contributed by atoms with van der Waals surface area (Å²) < 4.78 is 5.68. The number of hydrogen-bond acceptors (Lipinski definition) is 3. The van der Waals surface area contributed by atoms with Crippen LogP contribution in [0.3, 0.4) is 0 Å². The van der Waals surface area contributed by atoms with Gasteiger partial charge in [-0.2, -0.15) is 0 Å². The Hall–Kier alpha value is -2.85. The van der Waals surface area contributed by atoms with Gasteiger partial charge in [0.2, 0.25) is 0 Å². The number of carbonyl (C=O) groups is 1. The quantitative estimate of drug-likeness (QED) is 0.570. The van der Waals surface area contributed by atoms with E-state index in [-0.39, 0.29) is 11.9 Å². The molecule has 0 spiro atoms. The Morgan fingerprint density at radius 2 is 1.75 bits per heavy atom. The zero-order valence-corrected chi connectivity index (χ0v) is 13.6. The highest BCUT2D eigenvalue weighted by atomic mass is 32.1. The first kappa shape index (κ1) is 14.7. The van der Waals surface area contributed by atoms with Crippen LogP contribution in [0.5, 0.6) is 0 Å². The van der Waals surface area contributed by atoms with Crippen LogP contribution in [0, 0.1) is 0 Å². The molecule has 0 saturated heterocycles. The number of thiophene rings is 1. The summed E-state index contributed by atoms with van der Waals surface area (Å²) in [6.45, 7) is 0. The first-order chi connectivity index (χ1) is 11.8. The lowest BCUT2D eigenvalue weighted by atomic mass is 10.1. The van der Waals surface area contributed by atoms with Crippen LogP contribution in [0.1, 0.15) is 27.0 Å². The largest absolute Gasteiger partial charge is 0.451 e. The standard InChI is InChI=1S/C20H15NO2S/c22-20(17-13-15-9-4-5-10-16(15)23-17)21-19(18-11-6-12-24-18)14-7-2-1-3-8-14/h1-13,19H,(H,21,22). The first-order valence-electron chi connectivity index (χ1n) is 7.69. The van der Waals surface area contributed by atoms with Gasteiger partial charge in [-0.05, 0) is 29.1 Å². The van der Waals surface area contributed by atoms with Crippen molar-refractivity contribution in [3.8, 4) is 0 Å². The molecule has 0 radical (unpaired) electrons. The molecular weight excluding hydrogens is 318 g/mol. The summed E-state index contributed by atoms with van der Waals surface area (Å²) in [5.74, 6) is 0.113. The van der Waals surface area contributed by atoms with Gasteiger partial charge in [0.15, 0.2) is 5.76 Å². The average molecular weight is 333 g/mol. The zero-order valence-electron chi connectivity index (χ0n) is 12.8. The minimum atomic E-state index is -0.214. The van der Waals surface area contributed by atoms with E-state index in [1.54, 1.807) is 17.4 Å². The summed E-state index contributed by atoms with van der Waals surface area (Å²) in [5.41, 5.74) is 1.76. The van der Waals surface area contributed by atoms with Crippen molar-refractivity contribution in [2.45, 2.75) is 6.04 Å².